The van der Waals surface area contributed by atoms with Gasteiger partial charge in [0.25, 0.3) is 5.91 Å². The van der Waals surface area contributed by atoms with Crippen molar-refractivity contribution in [1.29, 1.82) is 0 Å². The third-order valence-corrected chi connectivity index (χ3v) is 6.06. The van der Waals surface area contributed by atoms with Gasteiger partial charge in [0.15, 0.2) is 0 Å². The maximum absolute atomic E-state index is 13.2. The first kappa shape index (κ1) is 19.4. The summed E-state index contributed by atoms with van der Waals surface area (Å²) in [5, 5.41) is 0. The standard InChI is InChI=1S/C20H25N3O3S/c1-3-13-27(25,26)22-17-8-6-7-16(14-17)20(24)23(18-10-11-18)15(2)19-9-4-5-12-21-19/h4-9,12,14-15,18,22H,3,10-11,13H2,1-2H3. The summed E-state index contributed by atoms with van der Waals surface area (Å²) in [4.78, 5) is 19.5. The highest BCUT2D eigenvalue weighted by atomic mass is 32.2. The molecule has 144 valence electrons. The van der Waals surface area contributed by atoms with Gasteiger partial charge >= 0.3 is 0 Å². The number of pyridine rings is 1. The summed E-state index contributed by atoms with van der Waals surface area (Å²) in [6.45, 7) is 3.79. The Hall–Kier alpha value is -2.41. The van der Waals surface area contributed by atoms with Crippen LogP contribution in [0.1, 0.15) is 55.2 Å². The molecule has 1 aliphatic rings. The second-order valence-electron chi connectivity index (χ2n) is 6.88. The molecule has 3 rings (SSSR count). The molecule has 0 radical (unpaired) electrons. The number of anilines is 1. The van der Waals surface area contributed by atoms with Crippen LogP contribution in [-0.4, -0.2) is 36.0 Å². The number of rotatable bonds is 8. The Labute approximate surface area is 160 Å². The molecule has 7 heteroatoms. The number of carbonyl (C=O) groups is 1. The van der Waals surface area contributed by atoms with E-state index in [1.54, 1.807) is 30.5 Å². The van der Waals surface area contributed by atoms with Gasteiger partial charge in [-0.3, -0.25) is 14.5 Å². The Morgan fingerprint density at radius 1 is 1.26 bits per heavy atom. The van der Waals surface area contributed by atoms with Crippen molar-refractivity contribution >= 4 is 21.6 Å². The number of nitrogens with zero attached hydrogens (tertiary/aromatic N) is 2. The fourth-order valence-corrected chi connectivity index (χ4v) is 4.27. The van der Waals surface area contributed by atoms with Crippen molar-refractivity contribution < 1.29 is 13.2 Å². The van der Waals surface area contributed by atoms with Gasteiger partial charge in [0.05, 0.1) is 17.5 Å². The molecule has 0 aliphatic heterocycles. The van der Waals surface area contributed by atoms with E-state index in [2.05, 4.69) is 9.71 Å². The van der Waals surface area contributed by atoms with E-state index in [-0.39, 0.29) is 23.7 Å². The average molecular weight is 388 g/mol. The van der Waals surface area contributed by atoms with E-state index < -0.39 is 10.0 Å². The molecule has 1 unspecified atom stereocenters. The fraction of sp³-hybridized carbons (Fsp3) is 0.400. The summed E-state index contributed by atoms with van der Waals surface area (Å²) in [7, 11) is -3.40. The molecule has 1 aromatic heterocycles. The Balaban J connectivity index is 1.84. The monoisotopic (exact) mass is 387 g/mol. The molecule has 1 atom stereocenters. The maximum Gasteiger partial charge on any atom is 0.254 e. The van der Waals surface area contributed by atoms with Gasteiger partial charge in [-0.2, -0.15) is 0 Å². The third-order valence-electron chi connectivity index (χ3n) is 4.56. The molecule has 2 aromatic rings. The van der Waals surface area contributed by atoms with Gasteiger partial charge < -0.3 is 4.90 Å². The van der Waals surface area contributed by atoms with Crippen molar-refractivity contribution in [3.05, 3.63) is 59.9 Å². The second-order valence-corrected chi connectivity index (χ2v) is 8.72. The van der Waals surface area contributed by atoms with Gasteiger partial charge in [-0.25, -0.2) is 8.42 Å². The van der Waals surface area contributed by atoms with E-state index >= 15 is 0 Å². The summed E-state index contributed by atoms with van der Waals surface area (Å²) in [6.07, 6.45) is 4.22. The largest absolute Gasteiger partial charge is 0.327 e. The summed E-state index contributed by atoms with van der Waals surface area (Å²) < 4.78 is 26.6. The molecular weight excluding hydrogens is 362 g/mol. The van der Waals surface area contributed by atoms with E-state index in [4.69, 9.17) is 0 Å². The highest BCUT2D eigenvalue weighted by Crippen LogP contribution is 2.35. The number of nitrogens with one attached hydrogen (secondary N) is 1. The molecule has 0 spiro atoms. The summed E-state index contributed by atoms with van der Waals surface area (Å²) >= 11 is 0. The second kappa shape index (κ2) is 8.08. The van der Waals surface area contributed by atoms with Crippen LogP contribution in [0.3, 0.4) is 0 Å². The van der Waals surface area contributed by atoms with Crippen LogP contribution < -0.4 is 4.72 Å². The summed E-state index contributed by atoms with van der Waals surface area (Å²) in [5.74, 6) is -0.0528. The van der Waals surface area contributed by atoms with Gasteiger partial charge in [0, 0.05) is 23.5 Å². The summed E-state index contributed by atoms with van der Waals surface area (Å²) in [6, 6.07) is 12.4. The molecule has 0 bridgehead atoms. The van der Waals surface area contributed by atoms with Gasteiger partial charge in [-0.15, -0.1) is 0 Å². The Morgan fingerprint density at radius 3 is 2.67 bits per heavy atom. The first-order valence-corrected chi connectivity index (χ1v) is 10.9. The zero-order chi connectivity index (χ0) is 19.4. The highest BCUT2D eigenvalue weighted by Gasteiger charge is 2.37. The van der Waals surface area contributed by atoms with Crippen LogP contribution >= 0.6 is 0 Å². The molecule has 1 aromatic carbocycles. The normalized spacial score (nSPS) is 15.2. The predicted octanol–water partition coefficient (Wildman–Crippen LogP) is 3.60. The Morgan fingerprint density at radius 2 is 2.04 bits per heavy atom. The first-order chi connectivity index (χ1) is 12.9. The van der Waals surface area contributed by atoms with Gasteiger partial charge in [0.2, 0.25) is 10.0 Å². The lowest BCUT2D eigenvalue weighted by atomic mass is 10.1. The van der Waals surface area contributed by atoms with E-state index in [9.17, 15) is 13.2 Å². The van der Waals surface area contributed by atoms with Crippen molar-refractivity contribution in [3.63, 3.8) is 0 Å². The first-order valence-electron chi connectivity index (χ1n) is 9.25. The van der Waals surface area contributed by atoms with Crippen molar-refractivity contribution in [2.45, 2.75) is 45.2 Å². The Bertz CT molecular complexity index is 896. The molecule has 1 heterocycles. The van der Waals surface area contributed by atoms with Crippen LogP contribution in [0, 0.1) is 0 Å². The van der Waals surface area contributed by atoms with Crippen molar-refractivity contribution in [1.82, 2.24) is 9.88 Å². The van der Waals surface area contributed by atoms with Crippen LogP contribution in [0.5, 0.6) is 0 Å². The van der Waals surface area contributed by atoms with Crippen molar-refractivity contribution in [2.75, 3.05) is 10.5 Å². The molecule has 1 aliphatic carbocycles. The number of carbonyl (C=O) groups excluding carboxylic acids is 1. The van der Waals surface area contributed by atoms with Gasteiger partial charge in [-0.1, -0.05) is 19.1 Å². The number of hydrogen-bond acceptors (Lipinski definition) is 4. The molecule has 1 fully saturated rings. The lowest BCUT2D eigenvalue weighted by Gasteiger charge is -2.29. The SMILES string of the molecule is CCCS(=O)(=O)Nc1cccc(C(=O)N(C2CC2)C(C)c2ccccn2)c1. The zero-order valence-corrected chi connectivity index (χ0v) is 16.4. The van der Waals surface area contributed by atoms with Crippen molar-refractivity contribution in [3.8, 4) is 0 Å². The number of hydrogen-bond donors (Lipinski definition) is 1. The number of sulfonamides is 1. The molecular formula is C20H25N3O3S. The molecule has 27 heavy (non-hydrogen) atoms. The highest BCUT2D eigenvalue weighted by molar-refractivity contribution is 7.92. The zero-order valence-electron chi connectivity index (χ0n) is 15.6. The predicted molar refractivity (Wildman–Crippen MR) is 106 cm³/mol. The van der Waals surface area contributed by atoms with Crippen molar-refractivity contribution in [2.24, 2.45) is 0 Å². The maximum atomic E-state index is 13.2. The van der Waals surface area contributed by atoms with Crippen LogP contribution in [0.25, 0.3) is 0 Å². The Kier molecular flexibility index (Phi) is 5.79. The fourth-order valence-electron chi connectivity index (χ4n) is 3.14. The quantitative estimate of drug-likeness (QED) is 0.751. The summed E-state index contributed by atoms with van der Waals surface area (Å²) in [5.41, 5.74) is 1.73. The molecule has 6 nitrogen and oxygen atoms in total. The van der Waals surface area contributed by atoms with Gasteiger partial charge in [-0.05, 0) is 56.5 Å². The molecule has 1 saturated carbocycles. The molecule has 1 N–H and O–H groups in total. The minimum atomic E-state index is -3.40. The van der Waals surface area contributed by atoms with Crippen LogP contribution in [-0.2, 0) is 10.0 Å². The van der Waals surface area contributed by atoms with E-state index in [0.717, 1.165) is 18.5 Å². The lowest BCUT2D eigenvalue weighted by Crippen LogP contribution is -2.36. The third kappa shape index (κ3) is 4.86. The number of benzene rings is 1. The molecule has 0 saturated heterocycles. The topological polar surface area (TPSA) is 79.4 Å². The lowest BCUT2D eigenvalue weighted by molar-refractivity contribution is 0.0670. The number of amides is 1. The van der Waals surface area contributed by atoms with Crippen LogP contribution in [0.4, 0.5) is 5.69 Å². The number of aromatic nitrogens is 1. The van der Waals surface area contributed by atoms with Gasteiger partial charge in [0.1, 0.15) is 0 Å². The van der Waals surface area contributed by atoms with E-state index in [0.29, 0.717) is 17.7 Å². The van der Waals surface area contributed by atoms with Crippen LogP contribution in [0.2, 0.25) is 0 Å². The van der Waals surface area contributed by atoms with E-state index in [1.807, 2.05) is 36.9 Å². The average Bonchev–Trinajstić information content (AvgIpc) is 3.47. The van der Waals surface area contributed by atoms with Crippen LogP contribution in [0.15, 0.2) is 48.7 Å². The van der Waals surface area contributed by atoms with E-state index in [1.165, 1.54) is 0 Å². The smallest absolute Gasteiger partial charge is 0.254 e. The minimum absolute atomic E-state index is 0.0517. The minimum Gasteiger partial charge on any atom is -0.327 e. The molecule has 1 amide bonds.